The first kappa shape index (κ1) is 14.0. The van der Waals surface area contributed by atoms with Crippen LogP contribution in [0.15, 0.2) is 67.1 Å². The van der Waals surface area contributed by atoms with Crippen LogP contribution < -0.4 is 10.6 Å². The molecule has 22 heavy (non-hydrogen) atoms. The molecule has 0 saturated heterocycles. The molecule has 2 N–H and O–H groups in total. The van der Waals surface area contributed by atoms with Crippen LogP contribution in [0.5, 0.6) is 0 Å². The van der Waals surface area contributed by atoms with Crippen molar-refractivity contribution in [1.29, 1.82) is 0 Å². The molecule has 5 nitrogen and oxygen atoms in total. The van der Waals surface area contributed by atoms with Crippen molar-refractivity contribution in [1.82, 2.24) is 15.0 Å². The van der Waals surface area contributed by atoms with E-state index in [-0.39, 0.29) is 0 Å². The van der Waals surface area contributed by atoms with Gasteiger partial charge in [-0.05, 0) is 17.7 Å². The number of nitrogens with one attached hydrogen (secondary N) is 2. The Bertz CT molecular complexity index is 642. The van der Waals surface area contributed by atoms with Crippen molar-refractivity contribution in [2.45, 2.75) is 13.1 Å². The Kier molecular flexibility index (Phi) is 4.57. The molecular weight excluding hydrogens is 274 g/mol. The van der Waals surface area contributed by atoms with Crippen LogP contribution in [0.2, 0.25) is 0 Å². The van der Waals surface area contributed by atoms with Crippen LogP contribution in [0, 0.1) is 0 Å². The summed E-state index contributed by atoms with van der Waals surface area (Å²) in [5.41, 5.74) is 2.18. The lowest BCUT2D eigenvalue weighted by atomic mass is 10.2. The molecule has 110 valence electrons. The number of benzene rings is 1. The number of anilines is 2. The van der Waals surface area contributed by atoms with Gasteiger partial charge in [-0.1, -0.05) is 36.4 Å². The normalized spacial score (nSPS) is 10.2. The van der Waals surface area contributed by atoms with Crippen molar-refractivity contribution in [3.05, 3.63) is 78.4 Å². The lowest BCUT2D eigenvalue weighted by Gasteiger charge is -2.08. The summed E-state index contributed by atoms with van der Waals surface area (Å²) in [6, 6.07) is 18.0. The molecule has 0 radical (unpaired) electrons. The quantitative estimate of drug-likeness (QED) is 0.730. The van der Waals surface area contributed by atoms with E-state index in [1.165, 1.54) is 5.56 Å². The van der Waals surface area contributed by atoms with Crippen LogP contribution in [0.4, 0.5) is 11.6 Å². The lowest BCUT2D eigenvalue weighted by Crippen LogP contribution is -2.05. The Morgan fingerprint density at radius 3 is 2.18 bits per heavy atom. The second kappa shape index (κ2) is 7.17. The number of aromatic nitrogens is 3. The smallest absolute Gasteiger partial charge is 0.131 e. The van der Waals surface area contributed by atoms with E-state index in [1.807, 2.05) is 42.5 Å². The van der Waals surface area contributed by atoms with Crippen molar-refractivity contribution in [3.8, 4) is 0 Å². The molecule has 0 bridgehead atoms. The van der Waals surface area contributed by atoms with Gasteiger partial charge in [-0.15, -0.1) is 0 Å². The molecule has 0 fully saturated rings. The minimum atomic E-state index is 0.635. The Morgan fingerprint density at radius 1 is 0.727 bits per heavy atom. The SMILES string of the molecule is c1ccc(CNc2cc(NCc3ccccn3)ncn2)cc1. The highest BCUT2D eigenvalue weighted by atomic mass is 15.1. The molecule has 0 spiro atoms. The predicted octanol–water partition coefficient (Wildman–Crippen LogP) is 3.10. The van der Waals surface area contributed by atoms with Gasteiger partial charge in [0.2, 0.25) is 0 Å². The Hall–Kier alpha value is -2.95. The summed E-state index contributed by atoms with van der Waals surface area (Å²) in [6.07, 6.45) is 3.33. The van der Waals surface area contributed by atoms with Gasteiger partial charge in [-0.2, -0.15) is 0 Å². The van der Waals surface area contributed by atoms with Crippen LogP contribution in [-0.4, -0.2) is 15.0 Å². The summed E-state index contributed by atoms with van der Waals surface area (Å²) >= 11 is 0. The van der Waals surface area contributed by atoms with Gasteiger partial charge < -0.3 is 10.6 Å². The molecule has 3 rings (SSSR count). The first-order valence-electron chi connectivity index (χ1n) is 7.14. The minimum absolute atomic E-state index is 0.635. The van der Waals surface area contributed by atoms with E-state index >= 15 is 0 Å². The minimum Gasteiger partial charge on any atom is -0.366 e. The van der Waals surface area contributed by atoms with Crippen LogP contribution in [0.25, 0.3) is 0 Å². The highest BCUT2D eigenvalue weighted by Crippen LogP contribution is 2.11. The summed E-state index contributed by atoms with van der Waals surface area (Å²) in [7, 11) is 0. The fourth-order valence-corrected chi connectivity index (χ4v) is 2.02. The van der Waals surface area contributed by atoms with E-state index in [0.717, 1.165) is 23.9 Å². The van der Waals surface area contributed by atoms with Crippen LogP contribution >= 0.6 is 0 Å². The maximum Gasteiger partial charge on any atom is 0.131 e. The molecule has 0 aliphatic heterocycles. The molecule has 0 saturated carbocycles. The van der Waals surface area contributed by atoms with Crippen molar-refractivity contribution in [2.24, 2.45) is 0 Å². The zero-order valence-corrected chi connectivity index (χ0v) is 12.1. The Labute approximate surface area is 129 Å². The van der Waals surface area contributed by atoms with E-state index in [4.69, 9.17) is 0 Å². The van der Waals surface area contributed by atoms with Gasteiger partial charge in [0.25, 0.3) is 0 Å². The van der Waals surface area contributed by atoms with Crippen LogP contribution in [0.1, 0.15) is 11.3 Å². The maximum absolute atomic E-state index is 4.27. The number of hydrogen-bond acceptors (Lipinski definition) is 5. The number of pyridine rings is 1. The topological polar surface area (TPSA) is 62.7 Å². The zero-order valence-electron chi connectivity index (χ0n) is 12.1. The molecule has 3 aromatic rings. The fourth-order valence-electron chi connectivity index (χ4n) is 2.02. The third kappa shape index (κ3) is 4.02. The van der Waals surface area contributed by atoms with Gasteiger partial charge in [0.15, 0.2) is 0 Å². The van der Waals surface area contributed by atoms with Crippen molar-refractivity contribution in [2.75, 3.05) is 10.6 Å². The Morgan fingerprint density at radius 2 is 1.45 bits per heavy atom. The van der Waals surface area contributed by atoms with Crippen LogP contribution in [0.3, 0.4) is 0 Å². The largest absolute Gasteiger partial charge is 0.366 e. The Balaban J connectivity index is 1.58. The van der Waals surface area contributed by atoms with E-state index in [9.17, 15) is 0 Å². The monoisotopic (exact) mass is 291 g/mol. The van der Waals surface area contributed by atoms with Crippen molar-refractivity contribution < 1.29 is 0 Å². The summed E-state index contributed by atoms with van der Waals surface area (Å²) < 4.78 is 0. The summed E-state index contributed by atoms with van der Waals surface area (Å²) in [5, 5.41) is 6.54. The zero-order chi connectivity index (χ0) is 15.0. The lowest BCUT2D eigenvalue weighted by molar-refractivity contribution is 1.01. The number of hydrogen-bond donors (Lipinski definition) is 2. The standard InChI is InChI=1S/C17H17N5/c1-2-6-14(7-3-1)11-19-16-10-17(22-13-21-16)20-12-15-8-4-5-9-18-15/h1-10,13H,11-12H2,(H2,19,20,21,22). The van der Waals surface area contributed by atoms with Gasteiger partial charge in [0, 0.05) is 18.8 Å². The molecule has 0 aliphatic carbocycles. The highest BCUT2D eigenvalue weighted by Gasteiger charge is 2.00. The van der Waals surface area contributed by atoms with Gasteiger partial charge in [-0.25, -0.2) is 9.97 Å². The van der Waals surface area contributed by atoms with Gasteiger partial charge in [0.05, 0.1) is 12.2 Å². The van der Waals surface area contributed by atoms with Crippen molar-refractivity contribution >= 4 is 11.6 Å². The maximum atomic E-state index is 4.27. The van der Waals surface area contributed by atoms with Gasteiger partial charge in [0.1, 0.15) is 18.0 Å². The molecule has 2 aromatic heterocycles. The fraction of sp³-hybridized carbons (Fsp3) is 0.118. The third-order valence-corrected chi connectivity index (χ3v) is 3.16. The first-order chi connectivity index (χ1) is 10.9. The second-order valence-electron chi connectivity index (χ2n) is 4.80. The average Bonchev–Trinajstić information content (AvgIpc) is 2.60. The molecule has 1 aromatic carbocycles. The summed E-state index contributed by atoms with van der Waals surface area (Å²) in [6.45, 7) is 1.37. The average molecular weight is 291 g/mol. The summed E-state index contributed by atoms with van der Waals surface area (Å²) in [5.74, 6) is 1.57. The van der Waals surface area contributed by atoms with Crippen LogP contribution in [-0.2, 0) is 13.1 Å². The number of rotatable bonds is 6. The third-order valence-electron chi connectivity index (χ3n) is 3.16. The highest BCUT2D eigenvalue weighted by molar-refractivity contribution is 5.46. The second-order valence-corrected chi connectivity index (χ2v) is 4.80. The molecule has 0 unspecified atom stereocenters. The van der Waals surface area contributed by atoms with Gasteiger partial charge >= 0.3 is 0 Å². The van der Waals surface area contributed by atoms with E-state index in [1.54, 1.807) is 12.5 Å². The molecule has 0 amide bonds. The van der Waals surface area contributed by atoms with E-state index < -0.39 is 0 Å². The molecule has 2 heterocycles. The molecule has 0 aliphatic rings. The summed E-state index contributed by atoms with van der Waals surface area (Å²) in [4.78, 5) is 12.7. The molecule has 5 heteroatoms. The predicted molar refractivity (Wildman–Crippen MR) is 87.4 cm³/mol. The van der Waals surface area contributed by atoms with Crippen molar-refractivity contribution in [3.63, 3.8) is 0 Å². The van der Waals surface area contributed by atoms with Gasteiger partial charge in [-0.3, -0.25) is 4.98 Å². The van der Waals surface area contributed by atoms with E-state index in [0.29, 0.717) is 6.54 Å². The molecular formula is C17H17N5. The van der Waals surface area contributed by atoms with E-state index in [2.05, 4.69) is 37.7 Å². The molecule has 0 atom stereocenters. The first-order valence-corrected chi connectivity index (χ1v) is 7.14. The number of nitrogens with zero attached hydrogens (tertiary/aromatic N) is 3.